The zero-order valence-corrected chi connectivity index (χ0v) is 13.0. The number of anilines is 1. The van der Waals surface area contributed by atoms with Crippen molar-refractivity contribution >= 4 is 11.8 Å². The van der Waals surface area contributed by atoms with Crippen molar-refractivity contribution in [3.63, 3.8) is 0 Å². The summed E-state index contributed by atoms with van der Waals surface area (Å²) in [6.07, 6.45) is 4.47. The summed E-state index contributed by atoms with van der Waals surface area (Å²) in [5, 5.41) is 3.57. The van der Waals surface area contributed by atoms with E-state index in [-0.39, 0.29) is 0 Å². The van der Waals surface area contributed by atoms with Crippen LogP contribution in [-0.4, -0.2) is 24.0 Å². The Labute approximate surface area is 133 Å². The summed E-state index contributed by atoms with van der Waals surface area (Å²) in [7, 11) is 0. The molecule has 1 saturated heterocycles. The maximum atomic E-state index is 3.81. The van der Waals surface area contributed by atoms with Crippen molar-refractivity contribution in [2.24, 2.45) is 0 Å². The second kappa shape index (κ2) is 7.28. The number of benzene rings is 2. The molecular formula is C20H24N2. The zero-order valence-electron chi connectivity index (χ0n) is 13.0. The van der Waals surface area contributed by atoms with Crippen LogP contribution in [0.15, 0.2) is 61.2 Å². The van der Waals surface area contributed by atoms with Gasteiger partial charge < -0.3 is 5.32 Å². The Morgan fingerprint density at radius 2 is 1.86 bits per heavy atom. The molecule has 1 aliphatic heterocycles. The highest BCUT2D eigenvalue weighted by Crippen LogP contribution is 2.21. The van der Waals surface area contributed by atoms with Crippen molar-refractivity contribution in [1.82, 2.24) is 4.90 Å². The third kappa shape index (κ3) is 3.77. The summed E-state index contributed by atoms with van der Waals surface area (Å²) < 4.78 is 0. The van der Waals surface area contributed by atoms with Crippen LogP contribution in [0.1, 0.15) is 24.0 Å². The Bertz CT molecular complexity index is 589. The predicted octanol–water partition coefficient (Wildman–Crippen LogP) is 4.41. The average Bonchev–Trinajstić information content (AvgIpc) is 3.02. The van der Waals surface area contributed by atoms with E-state index in [9.17, 15) is 0 Å². The number of hydrogen-bond acceptors (Lipinski definition) is 2. The summed E-state index contributed by atoms with van der Waals surface area (Å²) in [5.74, 6) is 0. The van der Waals surface area contributed by atoms with Crippen LogP contribution < -0.4 is 5.32 Å². The molecule has 2 aromatic rings. The minimum Gasteiger partial charge on any atom is -0.383 e. The van der Waals surface area contributed by atoms with Crippen LogP contribution in [0.3, 0.4) is 0 Å². The van der Waals surface area contributed by atoms with Gasteiger partial charge >= 0.3 is 0 Å². The number of nitrogens with zero attached hydrogens (tertiary/aromatic N) is 1. The fourth-order valence-electron chi connectivity index (χ4n) is 3.12. The van der Waals surface area contributed by atoms with Crippen LogP contribution in [0.25, 0.3) is 6.08 Å². The number of para-hydroxylation sites is 1. The van der Waals surface area contributed by atoms with Crippen molar-refractivity contribution in [2.45, 2.75) is 25.4 Å². The van der Waals surface area contributed by atoms with Crippen molar-refractivity contribution in [2.75, 3.05) is 18.4 Å². The summed E-state index contributed by atoms with van der Waals surface area (Å²) >= 11 is 0. The van der Waals surface area contributed by atoms with E-state index in [1.807, 2.05) is 6.08 Å². The van der Waals surface area contributed by atoms with Gasteiger partial charge in [-0.05, 0) is 42.6 Å². The van der Waals surface area contributed by atoms with E-state index < -0.39 is 0 Å². The first-order valence-corrected chi connectivity index (χ1v) is 8.09. The Kier molecular flexibility index (Phi) is 4.92. The maximum absolute atomic E-state index is 3.81. The summed E-state index contributed by atoms with van der Waals surface area (Å²) in [6.45, 7) is 7.07. The van der Waals surface area contributed by atoms with Crippen molar-refractivity contribution in [1.29, 1.82) is 0 Å². The Balaban J connectivity index is 1.56. The molecule has 0 radical (unpaired) electrons. The Morgan fingerprint density at radius 1 is 1.09 bits per heavy atom. The molecule has 1 heterocycles. The lowest BCUT2D eigenvalue weighted by molar-refractivity contribution is 0.254. The molecule has 1 atom stereocenters. The topological polar surface area (TPSA) is 15.3 Å². The second-order valence-electron chi connectivity index (χ2n) is 5.96. The first-order valence-electron chi connectivity index (χ1n) is 8.09. The van der Waals surface area contributed by atoms with Gasteiger partial charge in [0.2, 0.25) is 0 Å². The third-order valence-electron chi connectivity index (χ3n) is 4.42. The molecule has 2 nitrogen and oxygen atoms in total. The third-order valence-corrected chi connectivity index (χ3v) is 4.42. The van der Waals surface area contributed by atoms with E-state index in [2.05, 4.69) is 71.4 Å². The van der Waals surface area contributed by atoms with Gasteiger partial charge in [-0.2, -0.15) is 0 Å². The lowest BCUT2D eigenvalue weighted by Gasteiger charge is -2.25. The van der Waals surface area contributed by atoms with Gasteiger partial charge in [-0.25, -0.2) is 0 Å². The standard InChI is InChI=1S/C20H24N2/c1-2-17-10-12-18(13-11-17)16-22-14-6-9-20(22)15-21-19-7-4-3-5-8-19/h2-5,7-8,10-13,20-21H,1,6,9,14-16H2. The molecule has 0 aliphatic carbocycles. The number of nitrogens with one attached hydrogen (secondary N) is 1. The summed E-state index contributed by atoms with van der Waals surface area (Å²) in [4.78, 5) is 2.60. The smallest absolute Gasteiger partial charge is 0.0340 e. The normalized spacial score (nSPS) is 18.3. The highest BCUT2D eigenvalue weighted by Gasteiger charge is 2.24. The monoisotopic (exact) mass is 292 g/mol. The van der Waals surface area contributed by atoms with Crippen LogP contribution in [0.4, 0.5) is 5.69 Å². The molecule has 3 rings (SSSR count). The van der Waals surface area contributed by atoms with E-state index in [0.717, 1.165) is 13.1 Å². The van der Waals surface area contributed by atoms with Gasteiger partial charge in [0.25, 0.3) is 0 Å². The second-order valence-corrected chi connectivity index (χ2v) is 5.96. The molecule has 22 heavy (non-hydrogen) atoms. The van der Waals surface area contributed by atoms with Gasteiger partial charge in [-0.3, -0.25) is 4.90 Å². The molecule has 0 saturated carbocycles. The van der Waals surface area contributed by atoms with E-state index in [1.165, 1.54) is 36.2 Å². The summed E-state index contributed by atoms with van der Waals surface area (Å²) in [5.41, 5.74) is 3.79. The number of likely N-dealkylation sites (tertiary alicyclic amines) is 1. The SMILES string of the molecule is C=Cc1ccc(CN2CCCC2CNc2ccccc2)cc1. The molecule has 2 heteroatoms. The largest absolute Gasteiger partial charge is 0.383 e. The summed E-state index contributed by atoms with van der Waals surface area (Å²) in [6, 6.07) is 19.8. The van der Waals surface area contributed by atoms with Crippen molar-refractivity contribution in [3.8, 4) is 0 Å². The molecule has 0 bridgehead atoms. The Hall–Kier alpha value is -2.06. The van der Waals surface area contributed by atoms with Gasteiger partial charge in [-0.1, -0.05) is 55.1 Å². The van der Waals surface area contributed by atoms with Gasteiger partial charge in [0.05, 0.1) is 0 Å². The first kappa shape index (κ1) is 14.9. The fourth-order valence-corrected chi connectivity index (χ4v) is 3.12. The number of rotatable bonds is 6. The molecule has 1 aliphatic rings. The van der Waals surface area contributed by atoms with Crippen LogP contribution >= 0.6 is 0 Å². The molecule has 0 aromatic heterocycles. The molecule has 0 amide bonds. The van der Waals surface area contributed by atoms with E-state index in [0.29, 0.717) is 6.04 Å². The average molecular weight is 292 g/mol. The van der Waals surface area contributed by atoms with Gasteiger partial charge in [0.1, 0.15) is 0 Å². The van der Waals surface area contributed by atoms with Crippen LogP contribution in [0.5, 0.6) is 0 Å². The van der Waals surface area contributed by atoms with E-state index in [1.54, 1.807) is 0 Å². The quantitative estimate of drug-likeness (QED) is 0.848. The molecule has 2 aromatic carbocycles. The highest BCUT2D eigenvalue weighted by atomic mass is 15.2. The van der Waals surface area contributed by atoms with Gasteiger partial charge in [0.15, 0.2) is 0 Å². The van der Waals surface area contributed by atoms with Gasteiger partial charge in [-0.15, -0.1) is 0 Å². The van der Waals surface area contributed by atoms with Crippen LogP contribution in [0, 0.1) is 0 Å². The minimum atomic E-state index is 0.624. The van der Waals surface area contributed by atoms with Crippen molar-refractivity contribution < 1.29 is 0 Å². The van der Waals surface area contributed by atoms with Crippen molar-refractivity contribution in [3.05, 3.63) is 72.3 Å². The molecule has 1 unspecified atom stereocenters. The van der Waals surface area contributed by atoms with Crippen LogP contribution in [0.2, 0.25) is 0 Å². The number of hydrogen-bond donors (Lipinski definition) is 1. The zero-order chi connectivity index (χ0) is 15.2. The fraction of sp³-hybridized carbons (Fsp3) is 0.300. The Morgan fingerprint density at radius 3 is 2.59 bits per heavy atom. The lowest BCUT2D eigenvalue weighted by Crippen LogP contribution is -2.34. The predicted molar refractivity (Wildman–Crippen MR) is 94.9 cm³/mol. The molecule has 1 fully saturated rings. The first-order chi connectivity index (χ1) is 10.8. The highest BCUT2D eigenvalue weighted by molar-refractivity contribution is 5.47. The molecule has 114 valence electrons. The van der Waals surface area contributed by atoms with E-state index in [4.69, 9.17) is 0 Å². The molecule has 0 spiro atoms. The molecule has 1 N–H and O–H groups in total. The van der Waals surface area contributed by atoms with Gasteiger partial charge in [0, 0.05) is 24.8 Å². The van der Waals surface area contributed by atoms with E-state index >= 15 is 0 Å². The van der Waals surface area contributed by atoms with Crippen LogP contribution in [-0.2, 0) is 6.54 Å². The lowest BCUT2D eigenvalue weighted by atomic mass is 10.1. The maximum Gasteiger partial charge on any atom is 0.0340 e. The molecular weight excluding hydrogens is 268 g/mol. The minimum absolute atomic E-state index is 0.624.